The van der Waals surface area contributed by atoms with Crippen LogP contribution in [-0.2, 0) is 10.0 Å². The average Bonchev–Trinajstić information content (AvgIpc) is 2.71. The van der Waals surface area contributed by atoms with E-state index in [4.69, 9.17) is 4.74 Å². The average molecular weight is 428 g/mol. The molecule has 0 aliphatic carbocycles. The molecule has 0 fully saturated rings. The molecular weight excluding hydrogens is 407 g/mol. The summed E-state index contributed by atoms with van der Waals surface area (Å²) in [6.07, 6.45) is 0. The zero-order valence-corrected chi connectivity index (χ0v) is 17.3. The Kier molecular flexibility index (Phi) is 6.37. The number of sulfonamides is 1. The number of hydrogen-bond donors (Lipinski definition) is 2. The Morgan fingerprint density at radius 3 is 2.43 bits per heavy atom. The van der Waals surface area contributed by atoms with Gasteiger partial charge in [-0.05, 0) is 67.9 Å². The Morgan fingerprint density at radius 2 is 1.73 bits per heavy atom. The van der Waals surface area contributed by atoms with E-state index < -0.39 is 21.7 Å². The molecule has 0 aliphatic rings. The Morgan fingerprint density at radius 1 is 1.03 bits per heavy atom. The van der Waals surface area contributed by atoms with E-state index in [2.05, 4.69) is 10.0 Å². The molecule has 2 N–H and O–H groups in total. The highest BCUT2D eigenvalue weighted by Gasteiger charge is 2.19. The third-order valence-electron chi connectivity index (χ3n) is 4.30. The van der Waals surface area contributed by atoms with Gasteiger partial charge in [-0.1, -0.05) is 18.2 Å². The van der Waals surface area contributed by atoms with Gasteiger partial charge in [-0.15, -0.1) is 0 Å². The van der Waals surface area contributed by atoms with Gasteiger partial charge in [0.2, 0.25) is 0 Å². The molecule has 0 aromatic heterocycles. The van der Waals surface area contributed by atoms with Crippen molar-refractivity contribution in [2.45, 2.75) is 18.7 Å². The van der Waals surface area contributed by atoms with Crippen LogP contribution < -0.4 is 14.8 Å². The monoisotopic (exact) mass is 428 g/mol. The molecule has 0 radical (unpaired) electrons. The summed E-state index contributed by atoms with van der Waals surface area (Å²) in [5, 5.41) is 2.77. The maximum atomic E-state index is 13.1. The molecule has 6 nitrogen and oxygen atoms in total. The van der Waals surface area contributed by atoms with Crippen LogP contribution in [0.3, 0.4) is 0 Å². The van der Waals surface area contributed by atoms with Gasteiger partial charge in [0.15, 0.2) is 0 Å². The number of carbonyl (C=O) groups excluding carboxylic acids is 1. The van der Waals surface area contributed by atoms with Crippen LogP contribution in [0.4, 0.5) is 15.8 Å². The molecule has 0 aliphatic heterocycles. The van der Waals surface area contributed by atoms with Gasteiger partial charge in [-0.3, -0.25) is 9.52 Å². The molecule has 1 amide bonds. The predicted molar refractivity (Wildman–Crippen MR) is 114 cm³/mol. The Hall–Kier alpha value is -3.39. The normalized spacial score (nSPS) is 11.0. The quantitative estimate of drug-likeness (QED) is 0.577. The van der Waals surface area contributed by atoms with Crippen LogP contribution >= 0.6 is 0 Å². The highest BCUT2D eigenvalue weighted by molar-refractivity contribution is 7.92. The lowest BCUT2D eigenvalue weighted by Crippen LogP contribution is -2.17. The summed E-state index contributed by atoms with van der Waals surface area (Å²) in [4.78, 5) is 12.8. The van der Waals surface area contributed by atoms with Gasteiger partial charge in [0.25, 0.3) is 15.9 Å². The fraction of sp³-hybridized carbons (Fsp3) is 0.136. The van der Waals surface area contributed by atoms with E-state index in [-0.39, 0.29) is 16.1 Å². The third-order valence-corrected chi connectivity index (χ3v) is 5.67. The molecule has 156 valence electrons. The van der Waals surface area contributed by atoms with E-state index in [0.29, 0.717) is 23.6 Å². The number of rotatable bonds is 7. The molecule has 0 bridgehead atoms. The van der Waals surface area contributed by atoms with E-state index >= 15 is 0 Å². The van der Waals surface area contributed by atoms with Gasteiger partial charge in [-0.25, -0.2) is 12.8 Å². The Bertz CT molecular complexity index is 1160. The number of ether oxygens (including phenoxy) is 1. The van der Waals surface area contributed by atoms with Gasteiger partial charge < -0.3 is 10.1 Å². The summed E-state index contributed by atoms with van der Waals surface area (Å²) in [7, 11) is -3.97. The number of nitrogens with one attached hydrogen (secondary N) is 2. The largest absolute Gasteiger partial charge is 0.492 e. The third kappa shape index (κ3) is 4.96. The molecule has 0 saturated heterocycles. The minimum absolute atomic E-state index is 0.0827. The number of benzene rings is 3. The van der Waals surface area contributed by atoms with Crippen molar-refractivity contribution in [3.8, 4) is 5.75 Å². The summed E-state index contributed by atoms with van der Waals surface area (Å²) in [5.41, 5.74) is 1.53. The van der Waals surface area contributed by atoms with Gasteiger partial charge in [0.05, 0.1) is 17.2 Å². The van der Waals surface area contributed by atoms with Crippen LogP contribution in [0.15, 0.2) is 71.6 Å². The van der Waals surface area contributed by atoms with Gasteiger partial charge in [0.1, 0.15) is 11.6 Å². The van der Waals surface area contributed by atoms with E-state index in [1.165, 1.54) is 24.3 Å². The number of aryl methyl sites for hydroxylation is 1. The Labute approximate surface area is 174 Å². The van der Waals surface area contributed by atoms with Crippen LogP contribution in [0, 0.1) is 12.7 Å². The van der Waals surface area contributed by atoms with Gasteiger partial charge in [-0.2, -0.15) is 0 Å². The van der Waals surface area contributed by atoms with Crippen LogP contribution in [0.2, 0.25) is 0 Å². The molecular formula is C22H21FN2O4S. The molecule has 3 aromatic carbocycles. The SMILES string of the molecule is CCOc1ccccc1NC(=O)c1cc(S(=O)(=O)Nc2ccc(F)cc2)ccc1C. The first-order chi connectivity index (χ1) is 14.3. The summed E-state index contributed by atoms with van der Waals surface area (Å²) < 4.78 is 46.4. The zero-order chi connectivity index (χ0) is 21.7. The van der Waals surface area contributed by atoms with Crippen LogP contribution in [0.25, 0.3) is 0 Å². The number of anilines is 2. The lowest BCUT2D eigenvalue weighted by atomic mass is 10.1. The summed E-state index contributed by atoms with van der Waals surface area (Å²) in [6.45, 7) is 3.99. The summed E-state index contributed by atoms with van der Waals surface area (Å²) >= 11 is 0. The fourth-order valence-corrected chi connectivity index (χ4v) is 3.87. The second-order valence-corrected chi connectivity index (χ2v) is 8.15. The number of carbonyl (C=O) groups is 1. The molecule has 0 heterocycles. The second-order valence-electron chi connectivity index (χ2n) is 6.47. The molecule has 0 spiro atoms. The smallest absolute Gasteiger partial charge is 0.261 e. The first-order valence-corrected chi connectivity index (χ1v) is 10.7. The van der Waals surface area contributed by atoms with Crippen molar-refractivity contribution in [3.63, 3.8) is 0 Å². The van der Waals surface area contributed by atoms with Crippen LogP contribution in [0.1, 0.15) is 22.8 Å². The number of para-hydroxylation sites is 2. The van der Waals surface area contributed by atoms with E-state index in [1.807, 2.05) is 6.92 Å². The minimum atomic E-state index is -3.97. The highest BCUT2D eigenvalue weighted by atomic mass is 32.2. The molecule has 0 unspecified atom stereocenters. The molecule has 8 heteroatoms. The van der Waals surface area contributed by atoms with E-state index in [9.17, 15) is 17.6 Å². The highest BCUT2D eigenvalue weighted by Crippen LogP contribution is 2.26. The Balaban J connectivity index is 1.87. The predicted octanol–water partition coefficient (Wildman–Crippen LogP) is 4.59. The van der Waals surface area contributed by atoms with E-state index in [0.717, 1.165) is 12.1 Å². The number of halogens is 1. The van der Waals surface area contributed by atoms with Crippen LogP contribution in [0.5, 0.6) is 5.75 Å². The van der Waals surface area contributed by atoms with Crippen LogP contribution in [-0.4, -0.2) is 20.9 Å². The first-order valence-electron chi connectivity index (χ1n) is 9.22. The lowest BCUT2D eigenvalue weighted by Gasteiger charge is -2.14. The van der Waals surface area contributed by atoms with Crippen molar-refractivity contribution in [2.24, 2.45) is 0 Å². The fourth-order valence-electron chi connectivity index (χ4n) is 2.79. The van der Waals surface area contributed by atoms with Crippen molar-refractivity contribution >= 4 is 27.3 Å². The molecule has 3 aromatic rings. The molecule has 0 saturated carbocycles. The maximum absolute atomic E-state index is 13.1. The number of amides is 1. The standard InChI is InChI=1S/C22H21FN2O4S/c1-3-29-21-7-5-4-6-20(21)24-22(26)19-14-18(13-8-15(19)2)30(27,28)25-17-11-9-16(23)10-12-17/h4-14,25H,3H2,1-2H3,(H,24,26). The van der Waals surface area contributed by atoms with Gasteiger partial charge >= 0.3 is 0 Å². The lowest BCUT2D eigenvalue weighted by molar-refractivity contribution is 0.102. The van der Waals surface area contributed by atoms with Crippen molar-refractivity contribution in [3.05, 3.63) is 83.7 Å². The first kappa shape index (κ1) is 21.3. The second kappa shape index (κ2) is 8.96. The van der Waals surface area contributed by atoms with Crippen molar-refractivity contribution in [2.75, 3.05) is 16.6 Å². The summed E-state index contributed by atoms with van der Waals surface area (Å²) in [5.74, 6) is -0.411. The van der Waals surface area contributed by atoms with Gasteiger partial charge in [0, 0.05) is 11.3 Å². The maximum Gasteiger partial charge on any atom is 0.261 e. The van der Waals surface area contributed by atoms with E-state index in [1.54, 1.807) is 37.3 Å². The minimum Gasteiger partial charge on any atom is -0.492 e. The van der Waals surface area contributed by atoms with Crippen molar-refractivity contribution < 1.29 is 22.3 Å². The van der Waals surface area contributed by atoms with Crippen molar-refractivity contribution in [1.29, 1.82) is 0 Å². The number of hydrogen-bond acceptors (Lipinski definition) is 4. The summed E-state index contributed by atoms with van der Waals surface area (Å²) in [6, 6.07) is 16.2. The molecule has 3 rings (SSSR count). The topological polar surface area (TPSA) is 84.5 Å². The zero-order valence-electron chi connectivity index (χ0n) is 16.5. The molecule has 0 atom stereocenters. The van der Waals surface area contributed by atoms with Crippen molar-refractivity contribution in [1.82, 2.24) is 0 Å². The molecule has 30 heavy (non-hydrogen) atoms.